The van der Waals surface area contributed by atoms with Gasteiger partial charge in [0.05, 0.1) is 11.1 Å². The molecule has 0 unspecified atom stereocenters. The van der Waals surface area contributed by atoms with Crippen molar-refractivity contribution >= 4 is 39.2 Å². The van der Waals surface area contributed by atoms with Gasteiger partial charge < -0.3 is 5.32 Å². The smallest absolute Gasteiger partial charge is 0.263 e. The number of carbonyl (C=O) groups excluding carboxylic acids is 1. The molecule has 2 aromatic rings. The summed E-state index contributed by atoms with van der Waals surface area (Å²) >= 11 is 2.88. The zero-order chi connectivity index (χ0) is 21.2. The minimum absolute atomic E-state index is 0.0340. The lowest BCUT2D eigenvalue weighted by Crippen LogP contribution is -2.47. The molecule has 0 atom stereocenters. The van der Waals surface area contributed by atoms with E-state index in [0.717, 1.165) is 46.3 Å². The fraction of sp³-hybridized carbons (Fsp3) is 0.591. The molecule has 0 radical (unpaired) electrons. The van der Waals surface area contributed by atoms with Crippen LogP contribution >= 0.6 is 23.1 Å². The van der Waals surface area contributed by atoms with Crippen molar-refractivity contribution in [3.63, 3.8) is 0 Å². The van der Waals surface area contributed by atoms with Crippen molar-refractivity contribution < 1.29 is 4.79 Å². The first kappa shape index (κ1) is 21.9. The summed E-state index contributed by atoms with van der Waals surface area (Å²) in [4.78, 5) is 32.7. The van der Waals surface area contributed by atoms with E-state index in [4.69, 9.17) is 11.4 Å². The second-order valence-corrected chi connectivity index (χ2v) is 9.89. The van der Waals surface area contributed by atoms with Gasteiger partial charge in [0.1, 0.15) is 10.4 Å². The summed E-state index contributed by atoms with van der Waals surface area (Å²) in [6.45, 7) is 7.97. The number of aromatic nitrogens is 2. The van der Waals surface area contributed by atoms with Crippen LogP contribution in [0.1, 0.15) is 68.9 Å². The second-order valence-electron chi connectivity index (χ2n) is 7.74. The van der Waals surface area contributed by atoms with Gasteiger partial charge in [-0.1, -0.05) is 44.4 Å². The summed E-state index contributed by atoms with van der Waals surface area (Å²) in [7, 11) is 0. The molecule has 2 heterocycles. The van der Waals surface area contributed by atoms with Gasteiger partial charge in [-0.05, 0) is 45.1 Å². The summed E-state index contributed by atoms with van der Waals surface area (Å²) in [6.07, 6.45) is 11.2. The topological polar surface area (TPSA) is 64.0 Å². The van der Waals surface area contributed by atoms with E-state index in [0.29, 0.717) is 18.0 Å². The molecule has 0 saturated heterocycles. The standard InChI is InChI=1S/C22H29N3O2S2/c1-6-22(7-2,8-3)24-17(26)13-28-21-23-19-18(14(4)15(5)29-19)20(27)25(21)16-11-9-10-12-16/h1,16H,7-13H2,2-5H3,(H,24,26). The zero-order valence-electron chi connectivity index (χ0n) is 17.6. The predicted molar refractivity (Wildman–Crippen MR) is 122 cm³/mol. The molecule has 1 saturated carbocycles. The van der Waals surface area contributed by atoms with Gasteiger partial charge in [-0.25, -0.2) is 4.98 Å². The number of thioether (sulfide) groups is 1. The van der Waals surface area contributed by atoms with Crippen molar-refractivity contribution in [2.75, 3.05) is 5.75 Å². The minimum Gasteiger partial charge on any atom is -0.339 e. The molecular weight excluding hydrogens is 402 g/mol. The highest BCUT2D eigenvalue weighted by Crippen LogP contribution is 2.34. The maximum Gasteiger partial charge on any atom is 0.263 e. The molecule has 1 N–H and O–H groups in total. The third-order valence-electron chi connectivity index (χ3n) is 6.09. The number of rotatable bonds is 7. The summed E-state index contributed by atoms with van der Waals surface area (Å²) < 4.78 is 1.85. The first-order valence-electron chi connectivity index (χ1n) is 10.3. The average Bonchev–Trinajstić information content (AvgIpc) is 3.33. The number of nitrogens with zero attached hydrogens (tertiary/aromatic N) is 2. The lowest BCUT2D eigenvalue weighted by atomic mass is 9.94. The number of amides is 1. The van der Waals surface area contributed by atoms with E-state index < -0.39 is 5.54 Å². The lowest BCUT2D eigenvalue weighted by molar-refractivity contribution is -0.119. The van der Waals surface area contributed by atoms with E-state index in [1.54, 1.807) is 11.3 Å². The molecule has 3 rings (SSSR count). The summed E-state index contributed by atoms with van der Waals surface area (Å²) in [6, 6.07) is 0.167. The maximum absolute atomic E-state index is 13.4. The summed E-state index contributed by atoms with van der Waals surface area (Å²) in [5, 5.41) is 4.37. The monoisotopic (exact) mass is 431 g/mol. The molecule has 1 amide bonds. The Morgan fingerprint density at radius 2 is 2.00 bits per heavy atom. The highest BCUT2D eigenvalue weighted by atomic mass is 32.2. The lowest BCUT2D eigenvalue weighted by Gasteiger charge is -2.27. The number of thiophene rings is 1. The quantitative estimate of drug-likeness (QED) is 0.396. The van der Waals surface area contributed by atoms with Gasteiger partial charge >= 0.3 is 0 Å². The molecule has 1 aliphatic carbocycles. The number of aryl methyl sites for hydroxylation is 2. The Kier molecular flexibility index (Phi) is 6.75. The van der Waals surface area contributed by atoms with E-state index >= 15 is 0 Å². The molecule has 156 valence electrons. The van der Waals surface area contributed by atoms with Crippen molar-refractivity contribution in [3.8, 4) is 12.3 Å². The van der Waals surface area contributed by atoms with Gasteiger partial charge in [0, 0.05) is 10.9 Å². The molecule has 5 nitrogen and oxygen atoms in total. The van der Waals surface area contributed by atoms with Crippen LogP contribution in [-0.4, -0.2) is 26.8 Å². The highest BCUT2D eigenvalue weighted by molar-refractivity contribution is 7.99. The fourth-order valence-corrected chi connectivity index (χ4v) is 5.91. The van der Waals surface area contributed by atoms with Crippen molar-refractivity contribution in [2.45, 2.75) is 83.0 Å². The van der Waals surface area contributed by atoms with Crippen LogP contribution in [0, 0.1) is 26.2 Å². The Bertz CT molecular complexity index is 1010. The largest absolute Gasteiger partial charge is 0.339 e. The number of fused-ring (bicyclic) bond motifs is 1. The van der Waals surface area contributed by atoms with Crippen LogP contribution < -0.4 is 10.9 Å². The van der Waals surface area contributed by atoms with Gasteiger partial charge in [0.25, 0.3) is 5.56 Å². The number of nitrogens with one attached hydrogen (secondary N) is 1. The number of hydrogen-bond acceptors (Lipinski definition) is 5. The Labute approximate surface area is 180 Å². The molecule has 0 aliphatic heterocycles. The summed E-state index contributed by atoms with van der Waals surface area (Å²) in [5.74, 6) is 2.80. The van der Waals surface area contributed by atoms with E-state index in [9.17, 15) is 9.59 Å². The van der Waals surface area contributed by atoms with Crippen LogP contribution in [0.4, 0.5) is 0 Å². The molecule has 29 heavy (non-hydrogen) atoms. The van der Waals surface area contributed by atoms with Crippen molar-refractivity contribution in [2.24, 2.45) is 0 Å². The van der Waals surface area contributed by atoms with Crippen LogP contribution in [0.5, 0.6) is 0 Å². The Hall–Kier alpha value is -1.78. The van der Waals surface area contributed by atoms with Crippen LogP contribution in [0.15, 0.2) is 9.95 Å². The van der Waals surface area contributed by atoms with Crippen molar-refractivity contribution in [1.82, 2.24) is 14.9 Å². The van der Waals surface area contributed by atoms with E-state index in [1.165, 1.54) is 11.8 Å². The molecule has 0 spiro atoms. The first-order chi connectivity index (χ1) is 13.9. The first-order valence-corrected chi connectivity index (χ1v) is 12.1. The number of terminal acetylenes is 1. The van der Waals surface area contributed by atoms with Crippen LogP contribution in [0.2, 0.25) is 0 Å². The fourth-order valence-electron chi connectivity index (χ4n) is 3.97. The van der Waals surface area contributed by atoms with Gasteiger partial charge in [-0.2, -0.15) is 0 Å². The van der Waals surface area contributed by atoms with Gasteiger partial charge in [0.15, 0.2) is 5.16 Å². The van der Waals surface area contributed by atoms with Crippen molar-refractivity contribution in [3.05, 3.63) is 20.8 Å². The maximum atomic E-state index is 13.4. The zero-order valence-corrected chi connectivity index (χ0v) is 19.3. The molecule has 1 aliphatic rings. The molecule has 0 aromatic carbocycles. The third kappa shape index (κ3) is 4.24. The Balaban J connectivity index is 1.92. The van der Waals surface area contributed by atoms with Gasteiger partial charge in [-0.15, -0.1) is 17.8 Å². The highest BCUT2D eigenvalue weighted by Gasteiger charge is 2.27. The molecular formula is C22H29N3O2S2. The summed E-state index contributed by atoms with van der Waals surface area (Å²) in [5.41, 5.74) is 0.447. The third-order valence-corrected chi connectivity index (χ3v) is 8.14. The average molecular weight is 432 g/mol. The molecule has 2 aromatic heterocycles. The number of hydrogen-bond donors (Lipinski definition) is 1. The molecule has 1 fully saturated rings. The van der Waals surface area contributed by atoms with Crippen LogP contribution in [-0.2, 0) is 4.79 Å². The van der Waals surface area contributed by atoms with E-state index in [1.807, 2.05) is 32.3 Å². The van der Waals surface area contributed by atoms with E-state index in [2.05, 4.69) is 11.2 Å². The predicted octanol–water partition coefficient (Wildman–Crippen LogP) is 4.59. The second kappa shape index (κ2) is 8.93. The van der Waals surface area contributed by atoms with Gasteiger partial charge in [-0.3, -0.25) is 14.2 Å². The number of carbonyl (C=O) groups is 1. The Morgan fingerprint density at radius 3 is 2.59 bits per heavy atom. The van der Waals surface area contributed by atoms with Gasteiger partial charge in [0.2, 0.25) is 5.91 Å². The minimum atomic E-state index is -0.609. The SMILES string of the molecule is C#CC(CC)(CC)NC(=O)CSc1nc2sc(C)c(C)c2c(=O)n1C1CCCC1. The van der Waals surface area contributed by atoms with E-state index in [-0.39, 0.29) is 23.3 Å². The van der Waals surface area contributed by atoms with Crippen molar-refractivity contribution in [1.29, 1.82) is 0 Å². The molecule has 0 bridgehead atoms. The normalized spacial score (nSPS) is 15.0. The van der Waals surface area contributed by atoms with Crippen LogP contribution in [0.3, 0.4) is 0 Å². The molecule has 7 heteroatoms. The Morgan fingerprint density at radius 1 is 1.34 bits per heavy atom. The van der Waals surface area contributed by atoms with Crippen LogP contribution in [0.25, 0.3) is 10.2 Å².